The molecule has 0 aromatic carbocycles. The Morgan fingerprint density at radius 2 is 2.22 bits per heavy atom. The largest absolute Gasteiger partial charge is 0.481 e. The molecule has 98 valence electrons. The highest BCUT2D eigenvalue weighted by Crippen LogP contribution is 2.19. The van der Waals surface area contributed by atoms with Crippen LogP contribution in [0.4, 0.5) is 5.95 Å². The number of ether oxygens (including phenoxy) is 1. The van der Waals surface area contributed by atoms with E-state index >= 15 is 0 Å². The van der Waals surface area contributed by atoms with E-state index in [1.54, 1.807) is 19.4 Å². The third-order valence-corrected chi connectivity index (χ3v) is 3.48. The predicted molar refractivity (Wildman–Crippen MR) is 72.0 cm³/mol. The van der Waals surface area contributed by atoms with Crippen molar-refractivity contribution in [1.29, 1.82) is 0 Å². The van der Waals surface area contributed by atoms with Crippen molar-refractivity contribution < 1.29 is 8.95 Å². The summed E-state index contributed by atoms with van der Waals surface area (Å²) >= 11 is 0. The van der Waals surface area contributed by atoms with E-state index in [1.165, 1.54) is 0 Å². The molecule has 0 bridgehead atoms. The summed E-state index contributed by atoms with van der Waals surface area (Å²) in [6, 6.07) is 3.58. The SMILES string of the molecule is COc1ccc2nc(N)n(CCCS(C)=O)c2n1. The number of hydrogen-bond donors (Lipinski definition) is 1. The Morgan fingerprint density at radius 1 is 1.44 bits per heavy atom. The maximum atomic E-state index is 11.0. The highest BCUT2D eigenvalue weighted by atomic mass is 32.2. The van der Waals surface area contributed by atoms with Crippen LogP contribution in [0.25, 0.3) is 11.2 Å². The lowest BCUT2D eigenvalue weighted by Crippen LogP contribution is -2.07. The van der Waals surface area contributed by atoms with Gasteiger partial charge in [-0.15, -0.1) is 0 Å². The van der Waals surface area contributed by atoms with Crippen molar-refractivity contribution in [3.63, 3.8) is 0 Å². The number of methoxy groups -OCH3 is 1. The Hall–Kier alpha value is -1.63. The molecule has 0 aliphatic heterocycles. The molecule has 0 fully saturated rings. The van der Waals surface area contributed by atoms with Crippen LogP contribution in [-0.2, 0) is 17.3 Å². The Kier molecular flexibility index (Phi) is 3.81. The Balaban J connectivity index is 2.29. The van der Waals surface area contributed by atoms with Gasteiger partial charge in [0.15, 0.2) is 5.65 Å². The number of nitrogens with zero attached hydrogens (tertiary/aromatic N) is 3. The number of fused-ring (bicyclic) bond motifs is 1. The normalized spacial score (nSPS) is 12.8. The number of pyridine rings is 1. The van der Waals surface area contributed by atoms with Gasteiger partial charge in [-0.3, -0.25) is 8.78 Å². The summed E-state index contributed by atoms with van der Waals surface area (Å²) in [6.45, 7) is 0.655. The molecule has 2 aromatic rings. The number of nitrogen functional groups attached to an aromatic ring is 1. The van der Waals surface area contributed by atoms with Crippen LogP contribution in [0.15, 0.2) is 12.1 Å². The minimum absolute atomic E-state index is 0.424. The third kappa shape index (κ3) is 2.61. The van der Waals surface area contributed by atoms with Gasteiger partial charge >= 0.3 is 0 Å². The molecular weight excluding hydrogens is 252 g/mol. The second-order valence-corrected chi connectivity index (χ2v) is 5.50. The molecule has 0 aliphatic rings. The standard InChI is InChI=1S/C11H16N4O2S/c1-17-9-5-4-8-10(14-9)15(11(12)13-8)6-3-7-18(2)16/h4-5H,3,6-7H2,1-2H3,(H2,12,13). The zero-order valence-corrected chi connectivity index (χ0v) is 11.2. The molecule has 2 N–H and O–H groups in total. The zero-order chi connectivity index (χ0) is 13.1. The van der Waals surface area contributed by atoms with Crippen molar-refractivity contribution in [2.24, 2.45) is 0 Å². The first-order valence-electron chi connectivity index (χ1n) is 5.58. The molecule has 2 aromatic heterocycles. The number of anilines is 1. The van der Waals surface area contributed by atoms with Crippen molar-refractivity contribution in [3.8, 4) is 5.88 Å². The van der Waals surface area contributed by atoms with E-state index in [0.29, 0.717) is 29.8 Å². The van der Waals surface area contributed by atoms with Crippen molar-refractivity contribution in [2.75, 3.05) is 24.9 Å². The first-order valence-corrected chi connectivity index (χ1v) is 7.31. The number of rotatable bonds is 5. The maximum Gasteiger partial charge on any atom is 0.215 e. The molecule has 0 radical (unpaired) electrons. The Bertz CT molecular complexity index is 582. The van der Waals surface area contributed by atoms with E-state index in [4.69, 9.17) is 10.5 Å². The number of aryl methyl sites for hydroxylation is 1. The van der Waals surface area contributed by atoms with Gasteiger partial charge in [-0.2, -0.15) is 4.98 Å². The van der Waals surface area contributed by atoms with Crippen LogP contribution in [0.3, 0.4) is 0 Å². The van der Waals surface area contributed by atoms with Gasteiger partial charge in [0.1, 0.15) is 5.52 Å². The van der Waals surface area contributed by atoms with E-state index in [1.807, 2.05) is 10.6 Å². The first kappa shape index (κ1) is 12.8. The summed E-state index contributed by atoms with van der Waals surface area (Å²) in [7, 11) is 0.775. The van der Waals surface area contributed by atoms with Crippen molar-refractivity contribution in [2.45, 2.75) is 13.0 Å². The summed E-state index contributed by atoms with van der Waals surface area (Å²) in [4.78, 5) is 8.57. The van der Waals surface area contributed by atoms with E-state index < -0.39 is 10.8 Å². The summed E-state index contributed by atoms with van der Waals surface area (Å²) in [5.74, 6) is 1.60. The monoisotopic (exact) mass is 268 g/mol. The minimum Gasteiger partial charge on any atom is -0.481 e. The average Bonchev–Trinajstić information content (AvgIpc) is 2.64. The van der Waals surface area contributed by atoms with Crippen molar-refractivity contribution in [3.05, 3.63) is 12.1 Å². The fraction of sp³-hybridized carbons (Fsp3) is 0.455. The molecule has 0 aliphatic carbocycles. The van der Waals surface area contributed by atoms with E-state index in [2.05, 4.69) is 9.97 Å². The summed E-state index contributed by atoms with van der Waals surface area (Å²) in [6.07, 6.45) is 2.47. The number of hydrogen-bond acceptors (Lipinski definition) is 5. The van der Waals surface area contributed by atoms with Gasteiger partial charge in [0.2, 0.25) is 11.8 Å². The second-order valence-electron chi connectivity index (χ2n) is 3.95. The molecule has 7 heteroatoms. The highest BCUT2D eigenvalue weighted by molar-refractivity contribution is 7.84. The molecule has 0 saturated heterocycles. The average molecular weight is 268 g/mol. The van der Waals surface area contributed by atoms with E-state index in [-0.39, 0.29) is 0 Å². The summed E-state index contributed by atoms with van der Waals surface area (Å²) in [5.41, 5.74) is 7.30. The number of imidazole rings is 1. The second kappa shape index (κ2) is 5.34. The number of aromatic nitrogens is 3. The molecule has 18 heavy (non-hydrogen) atoms. The molecule has 2 rings (SSSR count). The highest BCUT2D eigenvalue weighted by Gasteiger charge is 2.10. The van der Waals surface area contributed by atoms with Crippen molar-refractivity contribution in [1.82, 2.24) is 14.5 Å². The molecule has 0 amide bonds. The van der Waals surface area contributed by atoms with Gasteiger partial charge in [-0.25, -0.2) is 4.98 Å². The zero-order valence-electron chi connectivity index (χ0n) is 10.4. The van der Waals surface area contributed by atoms with Crippen LogP contribution in [0, 0.1) is 0 Å². The summed E-state index contributed by atoms with van der Waals surface area (Å²) in [5, 5.41) is 0. The minimum atomic E-state index is -0.793. The van der Waals surface area contributed by atoms with Gasteiger partial charge < -0.3 is 10.5 Å². The van der Waals surface area contributed by atoms with Crippen LogP contribution in [0.2, 0.25) is 0 Å². The third-order valence-electron chi connectivity index (χ3n) is 2.62. The molecule has 1 unspecified atom stereocenters. The number of nitrogens with two attached hydrogens (primary N) is 1. The van der Waals surface area contributed by atoms with Crippen LogP contribution in [0.1, 0.15) is 6.42 Å². The van der Waals surface area contributed by atoms with Crippen LogP contribution in [0.5, 0.6) is 5.88 Å². The Morgan fingerprint density at radius 3 is 2.89 bits per heavy atom. The van der Waals surface area contributed by atoms with Gasteiger partial charge in [0, 0.05) is 35.4 Å². The molecule has 6 nitrogen and oxygen atoms in total. The van der Waals surface area contributed by atoms with Crippen molar-refractivity contribution >= 4 is 27.9 Å². The van der Waals surface area contributed by atoms with Gasteiger partial charge in [-0.05, 0) is 12.5 Å². The molecule has 1 atom stereocenters. The fourth-order valence-electron chi connectivity index (χ4n) is 1.76. The quantitative estimate of drug-likeness (QED) is 0.867. The molecule has 0 saturated carbocycles. The smallest absolute Gasteiger partial charge is 0.215 e. The van der Waals surface area contributed by atoms with Gasteiger partial charge in [-0.1, -0.05) is 0 Å². The van der Waals surface area contributed by atoms with E-state index in [0.717, 1.165) is 11.9 Å². The van der Waals surface area contributed by atoms with Crippen LogP contribution in [-0.4, -0.2) is 37.9 Å². The Labute approximate surface area is 108 Å². The fourth-order valence-corrected chi connectivity index (χ4v) is 2.30. The predicted octanol–water partition coefficient (Wildman–Crippen LogP) is 0.791. The molecule has 2 heterocycles. The summed E-state index contributed by atoms with van der Waals surface area (Å²) < 4.78 is 18.0. The lowest BCUT2D eigenvalue weighted by molar-refractivity contribution is 0.399. The molecular formula is C11H16N4O2S. The maximum absolute atomic E-state index is 11.0. The van der Waals surface area contributed by atoms with Gasteiger partial charge in [0.25, 0.3) is 0 Å². The molecule has 0 spiro atoms. The lowest BCUT2D eigenvalue weighted by Gasteiger charge is -2.05. The van der Waals surface area contributed by atoms with E-state index in [9.17, 15) is 4.21 Å². The lowest BCUT2D eigenvalue weighted by atomic mass is 10.4. The van der Waals surface area contributed by atoms with Gasteiger partial charge in [0.05, 0.1) is 7.11 Å². The van der Waals surface area contributed by atoms with Crippen LogP contribution >= 0.6 is 0 Å². The first-order chi connectivity index (χ1) is 8.61. The topological polar surface area (TPSA) is 83.0 Å². The van der Waals surface area contributed by atoms with Crippen LogP contribution < -0.4 is 10.5 Å².